The molecule has 0 aliphatic carbocycles. The van der Waals surface area contributed by atoms with Crippen molar-refractivity contribution in [1.29, 1.82) is 0 Å². The van der Waals surface area contributed by atoms with Crippen LogP contribution in [0.5, 0.6) is 0 Å². The maximum atomic E-state index is 13.5. The van der Waals surface area contributed by atoms with E-state index in [0.717, 1.165) is 23.9 Å². The molecule has 0 bridgehead atoms. The molecule has 0 saturated heterocycles. The monoisotopic (exact) mass is 266 g/mol. The predicted octanol–water partition coefficient (Wildman–Crippen LogP) is 3.81. The van der Waals surface area contributed by atoms with E-state index in [9.17, 15) is 13.6 Å². The van der Waals surface area contributed by atoms with Gasteiger partial charge in [0, 0.05) is 15.9 Å². The summed E-state index contributed by atoms with van der Waals surface area (Å²) in [6, 6.07) is 9.46. The molecule has 0 radical (unpaired) electrons. The summed E-state index contributed by atoms with van der Waals surface area (Å²) in [4.78, 5) is 11.6. The number of aromatic carboxylic acids is 1. The van der Waals surface area contributed by atoms with E-state index in [0.29, 0.717) is 4.90 Å². The Morgan fingerprint density at radius 1 is 1.06 bits per heavy atom. The molecule has 1 N–H and O–H groups in total. The lowest BCUT2D eigenvalue weighted by atomic mass is 10.2. The average Bonchev–Trinajstić information content (AvgIpc) is 2.33. The van der Waals surface area contributed by atoms with E-state index in [1.165, 1.54) is 12.1 Å². The van der Waals surface area contributed by atoms with Crippen LogP contribution in [0.3, 0.4) is 0 Å². The van der Waals surface area contributed by atoms with Gasteiger partial charge >= 0.3 is 5.97 Å². The Hall–Kier alpha value is -1.88. The number of rotatable bonds is 3. The highest BCUT2D eigenvalue weighted by Gasteiger charge is 2.12. The largest absolute Gasteiger partial charge is 0.478 e. The molecular weight excluding hydrogens is 258 g/mol. The number of benzene rings is 2. The third-order valence-corrected chi connectivity index (χ3v) is 3.36. The van der Waals surface area contributed by atoms with E-state index < -0.39 is 17.6 Å². The first kappa shape index (κ1) is 12.6. The lowest BCUT2D eigenvalue weighted by Crippen LogP contribution is -1.98. The van der Waals surface area contributed by atoms with Gasteiger partial charge in [-0.25, -0.2) is 13.6 Å². The van der Waals surface area contributed by atoms with Gasteiger partial charge < -0.3 is 5.11 Å². The minimum atomic E-state index is -1.08. The highest BCUT2D eigenvalue weighted by molar-refractivity contribution is 7.99. The first-order valence-electron chi connectivity index (χ1n) is 5.03. The first-order chi connectivity index (χ1) is 8.58. The summed E-state index contributed by atoms with van der Waals surface area (Å²) in [5, 5.41) is 8.99. The van der Waals surface area contributed by atoms with Crippen molar-refractivity contribution in [1.82, 2.24) is 0 Å². The fraction of sp³-hybridized carbons (Fsp3) is 0. The van der Waals surface area contributed by atoms with Crippen LogP contribution in [0.4, 0.5) is 8.78 Å². The predicted molar refractivity (Wildman–Crippen MR) is 63.9 cm³/mol. The van der Waals surface area contributed by atoms with E-state index in [4.69, 9.17) is 5.11 Å². The van der Waals surface area contributed by atoms with Gasteiger partial charge in [-0.15, -0.1) is 0 Å². The maximum Gasteiger partial charge on any atom is 0.336 e. The van der Waals surface area contributed by atoms with E-state index in [1.807, 2.05) is 0 Å². The topological polar surface area (TPSA) is 37.3 Å². The summed E-state index contributed by atoms with van der Waals surface area (Å²) in [6.45, 7) is 0. The molecule has 0 saturated carbocycles. The molecule has 2 aromatic rings. The van der Waals surface area contributed by atoms with Gasteiger partial charge in [0.15, 0.2) is 0 Å². The van der Waals surface area contributed by atoms with Crippen LogP contribution in [0.1, 0.15) is 10.4 Å². The van der Waals surface area contributed by atoms with E-state index >= 15 is 0 Å². The molecule has 92 valence electrons. The molecule has 0 aromatic heterocycles. The van der Waals surface area contributed by atoms with Crippen molar-refractivity contribution < 1.29 is 18.7 Å². The van der Waals surface area contributed by atoms with Gasteiger partial charge in [-0.05, 0) is 24.3 Å². The van der Waals surface area contributed by atoms with Crippen LogP contribution in [-0.4, -0.2) is 11.1 Å². The standard InChI is InChI=1S/C13H8F2O2S/c14-8-5-6-12(10(15)7-8)18-11-4-2-1-3-9(11)13(16)17/h1-7H,(H,16,17). The van der Waals surface area contributed by atoms with E-state index in [2.05, 4.69) is 0 Å². The van der Waals surface area contributed by atoms with Crippen molar-refractivity contribution in [2.24, 2.45) is 0 Å². The number of carbonyl (C=O) groups is 1. The summed E-state index contributed by atoms with van der Waals surface area (Å²) in [6.07, 6.45) is 0. The van der Waals surface area contributed by atoms with E-state index in [-0.39, 0.29) is 10.5 Å². The van der Waals surface area contributed by atoms with Gasteiger partial charge in [-0.2, -0.15) is 0 Å². The second-order valence-electron chi connectivity index (χ2n) is 3.48. The normalized spacial score (nSPS) is 10.3. The second-order valence-corrected chi connectivity index (χ2v) is 4.56. The van der Waals surface area contributed by atoms with Crippen LogP contribution in [0.25, 0.3) is 0 Å². The number of hydrogen-bond donors (Lipinski definition) is 1. The Bertz CT molecular complexity index is 599. The van der Waals surface area contributed by atoms with Crippen LogP contribution in [0.15, 0.2) is 52.3 Å². The SMILES string of the molecule is O=C(O)c1ccccc1Sc1ccc(F)cc1F. The molecule has 0 aliphatic rings. The van der Waals surface area contributed by atoms with Crippen molar-refractivity contribution in [3.8, 4) is 0 Å². The molecule has 2 rings (SSSR count). The maximum absolute atomic E-state index is 13.5. The zero-order valence-corrected chi connectivity index (χ0v) is 9.88. The Kier molecular flexibility index (Phi) is 3.62. The zero-order valence-electron chi connectivity index (χ0n) is 9.06. The zero-order chi connectivity index (χ0) is 13.1. The molecule has 18 heavy (non-hydrogen) atoms. The summed E-state index contributed by atoms with van der Waals surface area (Å²) < 4.78 is 26.2. The third-order valence-electron chi connectivity index (χ3n) is 2.23. The highest BCUT2D eigenvalue weighted by atomic mass is 32.2. The van der Waals surface area contributed by atoms with Crippen molar-refractivity contribution >= 4 is 17.7 Å². The molecule has 2 nitrogen and oxygen atoms in total. The highest BCUT2D eigenvalue weighted by Crippen LogP contribution is 2.32. The van der Waals surface area contributed by atoms with Crippen molar-refractivity contribution in [2.75, 3.05) is 0 Å². The number of carboxylic acids is 1. The molecule has 2 aromatic carbocycles. The Morgan fingerprint density at radius 3 is 2.44 bits per heavy atom. The first-order valence-corrected chi connectivity index (χ1v) is 5.85. The van der Waals surface area contributed by atoms with Crippen molar-refractivity contribution in [2.45, 2.75) is 9.79 Å². The van der Waals surface area contributed by atoms with Crippen molar-refractivity contribution in [3.05, 3.63) is 59.7 Å². The average molecular weight is 266 g/mol. The van der Waals surface area contributed by atoms with Crippen LogP contribution in [-0.2, 0) is 0 Å². The summed E-state index contributed by atoms with van der Waals surface area (Å²) in [7, 11) is 0. The fourth-order valence-electron chi connectivity index (χ4n) is 1.41. The molecule has 0 fully saturated rings. The number of hydrogen-bond acceptors (Lipinski definition) is 2. The minimum absolute atomic E-state index is 0.0891. The summed E-state index contributed by atoms with van der Waals surface area (Å²) in [5.74, 6) is -2.45. The summed E-state index contributed by atoms with van der Waals surface area (Å²) >= 11 is 0.955. The molecule has 0 atom stereocenters. The fourth-order valence-corrected chi connectivity index (χ4v) is 2.35. The molecule has 0 aliphatic heterocycles. The quantitative estimate of drug-likeness (QED) is 0.917. The van der Waals surface area contributed by atoms with Gasteiger partial charge in [0.1, 0.15) is 11.6 Å². The Morgan fingerprint density at radius 2 is 1.78 bits per heavy atom. The molecule has 0 unspecified atom stereocenters. The van der Waals surface area contributed by atoms with Crippen LogP contribution < -0.4 is 0 Å². The Balaban J connectivity index is 2.37. The lowest BCUT2D eigenvalue weighted by Gasteiger charge is -2.06. The molecular formula is C13H8F2O2S. The van der Waals surface area contributed by atoms with Crippen LogP contribution >= 0.6 is 11.8 Å². The minimum Gasteiger partial charge on any atom is -0.478 e. The second kappa shape index (κ2) is 5.18. The van der Waals surface area contributed by atoms with Crippen LogP contribution in [0.2, 0.25) is 0 Å². The summed E-state index contributed by atoms with van der Waals surface area (Å²) in [5.41, 5.74) is 0.0891. The number of carboxylic acid groups (broad SMARTS) is 1. The third kappa shape index (κ3) is 2.68. The van der Waals surface area contributed by atoms with E-state index in [1.54, 1.807) is 18.2 Å². The molecule has 0 heterocycles. The van der Waals surface area contributed by atoms with Gasteiger partial charge in [0.2, 0.25) is 0 Å². The van der Waals surface area contributed by atoms with Gasteiger partial charge in [0.05, 0.1) is 5.56 Å². The van der Waals surface area contributed by atoms with Gasteiger partial charge in [0.25, 0.3) is 0 Å². The van der Waals surface area contributed by atoms with Gasteiger partial charge in [-0.3, -0.25) is 0 Å². The Labute approximate surface area is 106 Å². The van der Waals surface area contributed by atoms with Crippen molar-refractivity contribution in [3.63, 3.8) is 0 Å². The molecule has 0 spiro atoms. The number of halogens is 2. The smallest absolute Gasteiger partial charge is 0.336 e. The molecule has 5 heteroatoms. The van der Waals surface area contributed by atoms with Crippen LogP contribution in [0, 0.1) is 11.6 Å². The van der Waals surface area contributed by atoms with Gasteiger partial charge in [-0.1, -0.05) is 23.9 Å². The lowest BCUT2D eigenvalue weighted by molar-refractivity contribution is 0.0693. The molecule has 0 amide bonds.